The van der Waals surface area contributed by atoms with Gasteiger partial charge in [-0.3, -0.25) is 0 Å². The first-order valence-electron chi connectivity index (χ1n) is 8.19. The maximum Gasteiger partial charge on any atom is 0.0286 e. The Hall–Kier alpha value is -0.0800. The van der Waals surface area contributed by atoms with E-state index in [1.165, 1.54) is 64.2 Å². The van der Waals surface area contributed by atoms with Crippen LogP contribution in [0.2, 0.25) is 0 Å². The zero-order valence-corrected chi connectivity index (χ0v) is 12.7. The summed E-state index contributed by atoms with van der Waals surface area (Å²) in [5.74, 6) is 0.974. The highest BCUT2D eigenvalue weighted by molar-refractivity contribution is 4.89. The van der Waals surface area contributed by atoms with Crippen LogP contribution in [0.3, 0.4) is 0 Å². The number of hydrogen-bond donors (Lipinski definition) is 0. The van der Waals surface area contributed by atoms with E-state index in [1.54, 1.807) is 0 Å². The lowest BCUT2D eigenvalue weighted by molar-refractivity contribution is 0.00209. The van der Waals surface area contributed by atoms with Crippen LogP contribution in [0.1, 0.15) is 71.1 Å². The highest BCUT2D eigenvalue weighted by Crippen LogP contribution is 2.36. The second kappa shape index (κ2) is 6.91. The Morgan fingerprint density at radius 3 is 2.33 bits per heavy atom. The largest absolute Gasteiger partial charge is 0.242 e. The maximum absolute atomic E-state index is 2.56. The SMILES string of the molecule is CCCCCC1CC(C2CCCCC2)N(C)N1C. The molecule has 1 aliphatic heterocycles. The molecule has 2 nitrogen and oxygen atoms in total. The molecule has 0 aromatic heterocycles. The highest BCUT2D eigenvalue weighted by atomic mass is 15.6. The van der Waals surface area contributed by atoms with Crippen LogP contribution in [-0.2, 0) is 0 Å². The molecule has 0 spiro atoms. The first-order chi connectivity index (χ1) is 8.74. The Bertz CT molecular complexity index is 235. The molecule has 0 radical (unpaired) electrons. The van der Waals surface area contributed by atoms with Gasteiger partial charge in [-0.25, -0.2) is 10.0 Å². The zero-order chi connectivity index (χ0) is 13.0. The predicted octanol–water partition coefficient (Wildman–Crippen LogP) is 4.07. The number of hydrazine groups is 1. The van der Waals surface area contributed by atoms with Gasteiger partial charge in [0.2, 0.25) is 0 Å². The molecule has 0 amide bonds. The minimum absolute atomic E-state index is 0.813. The van der Waals surface area contributed by atoms with Crippen molar-refractivity contribution in [1.82, 2.24) is 10.0 Å². The smallest absolute Gasteiger partial charge is 0.0286 e. The van der Waals surface area contributed by atoms with Crippen LogP contribution in [0.4, 0.5) is 0 Å². The van der Waals surface area contributed by atoms with Gasteiger partial charge in [-0.1, -0.05) is 45.4 Å². The molecule has 2 unspecified atom stereocenters. The van der Waals surface area contributed by atoms with Crippen LogP contribution in [-0.4, -0.2) is 36.2 Å². The van der Waals surface area contributed by atoms with Gasteiger partial charge in [0.1, 0.15) is 0 Å². The molecule has 2 aliphatic rings. The van der Waals surface area contributed by atoms with Gasteiger partial charge in [0.15, 0.2) is 0 Å². The predicted molar refractivity (Wildman–Crippen MR) is 78.4 cm³/mol. The topological polar surface area (TPSA) is 6.48 Å². The summed E-state index contributed by atoms with van der Waals surface area (Å²) in [7, 11) is 4.62. The Kier molecular flexibility index (Phi) is 5.50. The molecule has 18 heavy (non-hydrogen) atoms. The Balaban J connectivity index is 1.85. The maximum atomic E-state index is 2.56. The fraction of sp³-hybridized carbons (Fsp3) is 1.00. The van der Waals surface area contributed by atoms with Gasteiger partial charge in [-0.2, -0.15) is 0 Å². The standard InChI is InChI=1S/C16H32N2/c1-4-5-7-12-15-13-16(18(3)17(15)2)14-10-8-6-9-11-14/h14-16H,4-13H2,1-3H3. The van der Waals surface area contributed by atoms with Crippen molar-refractivity contribution in [1.29, 1.82) is 0 Å². The summed E-state index contributed by atoms with van der Waals surface area (Å²) in [4.78, 5) is 0. The van der Waals surface area contributed by atoms with Crippen molar-refractivity contribution in [2.45, 2.75) is 83.2 Å². The summed E-state index contributed by atoms with van der Waals surface area (Å²) in [5.41, 5.74) is 0. The third-order valence-electron chi connectivity index (χ3n) is 5.35. The van der Waals surface area contributed by atoms with Crippen molar-refractivity contribution in [2.75, 3.05) is 14.1 Å². The quantitative estimate of drug-likeness (QED) is 0.681. The molecule has 2 rings (SSSR count). The lowest BCUT2D eigenvalue weighted by Crippen LogP contribution is -2.41. The lowest BCUT2D eigenvalue weighted by atomic mass is 9.82. The number of hydrogen-bond acceptors (Lipinski definition) is 2. The summed E-state index contributed by atoms with van der Waals surface area (Å²) in [6.45, 7) is 2.30. The molecule has 0 N–H and O–H groups in total. The van der Waals surface area contributed by atoms with E-state index < -0.39 is 0 Å². The molecule has 0 aromatic rings. The van der Waals surface area contributed by atoms with Crippen LogP contribution in [0, 0.1) is 5.92 Å². The van der Waals surface area contributed by atoms with E-state index in [0.29, 0.717) is 0 Å². The van der Waals surface area contributed by atoms with E-state index in [0.717, 1.165) is 18.0 Å². The van der Waals surface area contributed by atoms with Gasteiger partial charge in [0.25, 0.3) is 0 Å². The van der Waals surface area contributed by atoms with Gasteiger partial charge >= 0.3 is 0 Å². The van der Waals surface area contributed by atoms with Crippen molar-refractivity contribution in [3.05, 3.63) is 0 Å². The molecule has 1 aliphatic carbocycles. The fourth-order valence-electron chi connectivity index (χ4n) is 4.03. The molecule has 0 aromatic carbocycles. The summed E-state index contributed by atoms with van der Waals surface area (Å²) < 4.78 is 0. The average molecular weight is 252 g/mol. The summed E-state index contributed by atoms with van der Waals surface area (Å²) >= 11 is 0. The molecule has 1 saturated carbocycles. The summed E-state index contributed by atoms with van der Waals surface area (Å²) in [5, 5.41) is 5.10. The molecule has 2 heteroatoms. The average Bonchev–Trinajstić information content (AvgIpc) is 2.68. The molecule has 2 fully saturated rings. The first kappa shape index (κ1) is 14.3. The Morgan fingerprint density at radius 1 is 0.944 bits per heavy atom. The van der Waals surface area contributed by atoms with Gasteiger partial charge in [-0.15, -0.1) is 0 Å². The molecule has 106 valence electrons. The van der Waals surface area contributed by atoms with Gasteiger partial charge < -0.3 is 0 Å². The minimum Gasteiger partial charge on any atom is -0.242 e. The van der Waals surface area contributed by atoms with Gasteiger partial charge in [-0.05, 0) is 31.6 Å². The van der Waals surface area contributed by atoms with E-state index in [2.05, 4.69) is 31.0 Å². The number of nitrogens with zero attached hydrogens (tertiary/aromatic N) is 2. The van der Waals surface area contributed by atoms with E-state index in [9.17, 15) is 0 Å². The minimum atomic E-state index is 0.813. The molecule has 1 saturated heterocycles. The number of rotatable bonds is 5. The van der Waals surface area contributed by atoms with Crippen LogP contribution < -0.4 is 0 Å². The number of unbranched alkanes of at least 4 members (excludes halogenated alkanes) is 2. The van der Waals surface area contributed by atoms with E-state index >= 15 is 0 Å². The van der Waals surface area contributed by atoms with E-state index in [-0.39, 0.29) is 0 Å². The van der Waals surface area contributed by atoms with Crippen molar-refractivity contribution in [3.63, 3.8) is 0 Å². The zero-order valence-electron chi connectivity index (χ0n) is 12.7. The monoisotopic (exact) mass is 252 g/mol. The van der Waals surface area contributed by atoms with Crippen molar-refractivity contribution in [2.24, 2.45) is 5.92 Å². The molecular formula is C16H32N2. The van der Waals surface area contributed by atoms with Gasteiger partial charge in [0.05, 0.1) is 0 Å². The summed E-state index contributed by atoms with van der Waals surface area (Å²) in [6.07, 6.45) is 14.4. The first-order valence-corrected chi connectivity index (χ1v) is 8.19. The van der Waals surface area contributed by atoms with E-state index in [1.807, 2.05) is 0 Å². The molecular weight excluding hydrogens is 220 g/mol. The lowest BCUT2D eigenvalue weighted by Gasteiger charge is -2.34. The van der Waals surface area contributed by atoms with Crippen LogP contribution >= 0.6 is 0 Å². The van der Waals surface area contributed by atoms with Crippen molar-refractivity contribution >= 4 is 0 Å². The van der Waals surface area contributed by atoms with Gasteiger partial charge in [0, 0.05) is 26.2 Å². The third kappa shape index (κ3) is 3.27. The molecule has 2 atom stereocenters. The second-order valence-electron chi connectivity index (χ2n) is 6.50. The normalized spacial score (nSPS) is 32.2. The van der Waals surface area contributed by atoms with Crippen molar-refractivity contribution < 1.29 is 0 Å². The van der Waals surface area contributed by atoms with E-state index in [4.69, 9.17) is 0 Å². The van der Waals surface area contributed by atoms with Crippen molar-refractivity contribution in [3.8, 4) is 0 Å². The highest BCUT2D eigenvalue weighted by Gasteiger charge is 2.38. The molecule has 1 heterocycles. The van der Waals surface area contributed by atoms with Crippen LogP contribution in [0.25, 0.3) is 0 Å². The molecule has 0 bridgehead atoms. The van der Waals surface area contributed by atoms with Crippen LogP contribution in [0.5, 0.6) is 0 Å². The fourth-order valence-corrected chi connectivity index (χ4v) is 4.03. The van der Waals surface area contributed by atoms with Crippen LogP contribution in [0.15, 0.2) is 0 Å². The summed E-state index contributed by atoms with van der Waals surface area (Å²) in [6, 6.07) is 1.65. The third-order valence-corrected chi connectivity index (χ3v) is 5.35. The Labute approximate surface area is 114 Å². The Morgan fingerprint density at radius 2 is 1.67 bits per heavy atom. The second-order valence-corrected chi connectivity index (χ2v) is 6.50.